The van der Waals surface area contributed by atoms with Gasteiger partial charge in [-0.3, -0.25) is 4.79 Å². The Kier molecular flexibility index (Phi) is 4.89. The van der Waals surface area contributed by atoms with E-state index in [9.17, 15) is 14.3 Å². The summed E-state index contributed by atoms with van der Waals surface area (Å²) in [5, 5.41) is 17.5. The van der Waals surface area contributed by atoms with E-state index >= 15 is 0 Å². The number of hydrogen-bond acceptors (Lipinski definition) is 4. The first kappa shape index (κ1) is 18.3. The van der Waals surface area contributed by atoms with Crippen molar-refractivity contribution in [1.29, 1.82) is 0 Å². The van der Waals surface area contributed by atoms with Gasteiger partial charge in [0.05, 0.1) is 6.10 Å². The molecule has 2 heterocycles. The molecular weight excluding hydrogens is 379 g/mol. The molecule has 142 valence electrons. The van der Waals surface area contributed by atoms with Gasteiger partial charge >= 0.3 is 0 Å². The molecule has 3 N–H and O–H groups in total. The van der Waals surface area contributed by atoms with Gasteiger partial charge in [-0.1, -0.05) is 6.07 Å². The SMILES string of the molecule is CC(O)c1ccc(NC(=O)c2ccn(Sc3ccc4[nH]ccc4c3)n2)cc1F. The van der Waals surface area contributed by atoms with Gasteiger partial charge in [-0.2, -0.15) is 5.10 Å². The lowest BCUT2D eigenvalue weighted by Crippen LogP contribution is -2.13. The number of H-pyrrole nitrogens is 1. The van der Waals surface area contributed by atoms with Crippen LogP contribution >= 0.6 is 11.9 Å². The summed E-state index contributed by atoms with van der Waals surface area (Å²) >= 11 is 1.38. The Morgan fingerprint density at radius 2 is 2.11 bits per heavy atom. The minimum atomic E-state index is -0.914. The molecule has 4 rings (SSSR count). The van der Waals surface area contributed by atoms with E-state index in [2.05, 4.69) is 15.4 Å². The van der Waals surface area contributed by atoms with E-state index < -0.39 is 17.8 Å². The number of amides is 1. The molecule has 0 aliphatic heterocycles. The summed E-state index contributed by atoms with van der Waals surface area (Å²) in [6, 6.07) is 13.7. The number of aliphatic hydroxyl groups is 1. The zero-order chi connectivity index (χ0) is 19.7. The number of benzene rings is 2. The topological polar surface area (TPSA) is 82.9 Å². The molecule has 0 fully saturated rings. The fraction of sp³-hybridized carbons (Fsp3) is 0.100. The number of aromatic nitrogens is 3. The highest BCUT2D eigenvalue weighted by molar-refractivity contribution is 7.97. The number of aromatic amines is 1. The van der Waals surface area contributed by atoms with Gasteiger partial charge in [0.25, 0.3) is 5.91 Å². The Labute approximate surface area is 164 Å². The summed E-state index contributed by atoms with van der Waals surface area (Å²) in [5.41, 5.74) is 1.75. The zero-order valence-corrected chi connectivity index (χ0v) is 15.7. The quantitative estimate of drug-likeness (QED) is 0.468. The second-order valence-corrected chi connectivity index (χ2v) is 7.32. The first-order valence-electron chi connectivity index (χ1n) is 8.59. The predicted molar refractivity (Wildman–Crippen MR) is 107 cm³/mol. The van der Waals surface area contributed by atoms with Crippen LogP contribution in [0.25, 0.3) is 10.9 Å². The normalized spacial score (nSPS) is 12.2. The Morgan fingerprint density at radius 3 is 2.89 bits per heavy atom. The molecule has 0 bridgehead atoms. The lowest BCUT2D eigenvalue weighted by molar-refractivity contribution is 0.102. The molecule has 0 saturated heterocycles. The van der Waals surface area contributed by atoms with E-state index in [0.29, 0.717) is 5.69 Å². The van der Waals surface area contributed by atoms with E-state index in [0.717, 1.165) is 15.8 Å². The molecule has 0 saturated carbocycles. The number of nitrogens with one attached hydrogen (secondary N) is 2. The molecule has 4 aromatic rings. The highest BCUT2D eigenvalue weighted by atomic mass is 32.2. The van der Waals surface area contributed by atoms with Crippen LogP contribution in [0.3, 0.4) is 0 Å². The average Bonchev–Trinajstić information content (AvgIpc) is 3.30. The van der Waals surface area contributed by atoms with E-state index in [1.807, 2.05) is 30.5 Å². The largest absolute Gasteiger partial charge is 0.389 e. The van der Waals surface area contributed by atoms with Gasteiger partial charge in [0.2, 0.25) is 0 Å². The summed E-state index contributed by atoms with van der Waals surface area (Å²) in [7, 11) is 0. The average molecular weight is 396 g/mol. The van der Waals surface area contributed by atoms with E-state index in [1.54, 1.807) is 22.4 Å². The smallest absolute Gasteiger partial charge is 0.276 e. The lowest BCUT2D eigenvalue weighted by Gasteiger charge is -2.09. The van der Waals surface area contributed by atoms with Crippen molar-refractivity contribution in [2.75, 3.05) is 5.32 Å². The van der Waals surface area contributed by atoms with Crippen molar-refractivity contribution >= 4 is 34.4 Å². The number of aliphatic hydroxyl groups excluding tert-OH is 1. The minimum Gasteiger partial charge on any atom is -0.389 e. The molecule has 28 heavy (non-hydrogen) atoms. The Morgan fingerprint density at radius 1 is 1.25 bits per heavy atom. The van der Waals surface area contributed by atoms with Crippen LogP contribution in [-0.2, 0) is 0 Å². The Bertz CT molecular complexity index is 1150. The molecule has 6 nitrogen and oxygen atoms in total. The summed E-state index contributed by atoms with van der Waals surface area (Å²) in [6.07, 6.45) is 2.66. The van der Waals surface area contributed by atoms with Crippen molar-refractivity contribution in [3.63, 3.8) is 0 Å². The number of hydrogen-bond donors (Lipinski definition) is 3. The van der Waals surface area contributed by atoms with Crippen molar-refractivity contribution in [3.05, 3.63) is 78.0 Å². The Hall–Kier alpha value is -3.10. The van der Waals surface area contributed by atoms with Gasteiger partial charge in [-0.15, -0.1) is 0 Å². The fourth-order valence-electron chi connectivity index (χ4n) is 2.81. The van der Waals surface area contributed by atoms with Gasteiger partial charge in [0.15, 0.2) is 5.69 Å². The molecule has 8 heteroatoms. The second kappa shape index (κ2) is 7.49. The molecular formula is C20H17FN4O2S. The van der Waals surface area contributed by atoms with Crippen molar-refractivity contribution in [2.24, 2.45) is 0 Å². The first-order valence-corrected chi connectivity index (χ1v) is 9.37. The predicted octanol–water partition coefficient (Wildman–Crippen LogP) is 4.36. The molecule has 1 atom stereocenters. The minimum absolute atomic E-state index is 0.179. The molecule has 0 radical (unpaired) electrons. The molecule has 1 amide bonds. The van der Waals surface area contributed by atoms with Crippen LogP contribution in [0.1, 0.15) is 29.1 Å². The van der Waals surface area contributed by atoms with Gasteiger partial charge in [-0.05, 0) is 49.4 Å². The maximum absolute atomic E-state index is 14.0. The number of nitrogens with zero attached hydrogens (tertiary/aromatic N) is 2. The lowest BCUT2D eigenvalue weighted by atomic mass is 10.1. The number of halogens is 1. The maximum Gasteiger partial charge on any atom is 0.276 e. The van der Waals surface area contributed by atoms with Gasteiger partial charge in [-0.25, -0.2) is 8.48 Å². The van der Waals surface area contributed by atoms with Crippen molar-refractivity contribution in [2.45, 2.75) is 17.9 Å². The third-order valence-electron chi connectivity index (χ3n) is 4.23. The molecule has 0 spiro atoms. The Balaban J connectivity index is 1.46. The highest BCUT2D eigenvalue weighted by Crippen LogP contribution is 2.24. The molecule has 0 aliphatic carbocycles. The van der Waals surface area contributed by atoms with Crippen molar-refractivity contribution in [3.8, 4) is 0 Å². The standard InChI is InChI=1S/C20H17FN4O2S/c1-12(26)16-4-2-14(11-17(16)21)23-20(27)19-7-9-25(24-19)28-15-3-5-18-13(10-15)6-8-22-18/h2-12,22,26H,1H3,(H,23,27). The number of carbonyl (C=O) groups excluding carboxylic acids is 1. The number of fused-ring (bicyclic) bond motifs is 1. The van der Waals surface area contributed by atoms with Crippen molar-refractivity contribution < 1.29 is 14.3 Å². The molecule has 2 aromatic carbocycles. The number of carbonyl (C=O) groups is 1. The molecule has 2 aromatic heterocycles. The second-order valence-electron chi connectivity index (χ2n) is 6.29. The maximum atomic E-state index is 14.0. The fourth-order valence-corrected chi connectivity index (χ4v) is 3.59. The van der Waals surface area contributed by atoms with E-state index in [4.69, 9.17) is 0 Å². The third kappa shape index (κ3) is 3.78. The summed E-state index contributed by atoms with van der Waals surface area (Å²) in [6.45, 7) is 1.48. The molecule has 0 aliphatic rings. The van der Waals surface area contributed by atoms with Crippen LogP contribution in [0.2, 0.25) is 0 Å². The number of anilines is 1. The van der Waals surface area contributed by atoms with Crippen LogP contribution < -0.4 is 5.32 Å². The third-order valence-corrected chi connectivity index (χ3v) is 5.09. The van der Waals surface area contributed by atoms with Crippen LogP contribution in [-0.4, -0.2) is 25.2 Å². The summed E-state index contributed by atoms with van der Waals surface area (Å²) < 4.78 is 15.5. The van der Waals surface area contributed by atoms with Crippen LogP contribution in [0.5, 0.6) is 0 Å². The van der Waals surface area contributed by atoms with E-state index in [-0.39, 0.29) is 11.3 Å². The monoisotopic (exact) mass is 396 g/mol. The highest BCUT2D eigenvalue weighted by Gasteiger charge is 2.13. The zero-order valence-electron chi connectivity index (χ0n) is 14.9. The van der Waals surface area contributed by atoms with Crippen LogP contribution in [0.15, 0.2) is 65.8 Å². The van der Waals surface area contributed by atoms with Gasteiger partial charge < -0.3 is 15.4 Å². The van der Waals surface area contributed by atoms with E-state index in [1.165, 1.54) is 31.0 Å². The molecule has 1 unspecified atom stereocenters. The first-order chi connectivity index (χ1) is 13.5. The van der Waals surface area contributed by atoms with Crippen molar-refractivity contribution in [1.82, 2.24) is 14.2 Å². The van der Waals surface area contributed by atoms with Crippen LogP contribution in [0, 0.1) is 5.82 Å². The number of rotatable bonds is 5. The summed E-state index contributed by atoms with van der Waals surface area (Å²) in [4.78, 5) is 16.5. The summed E-state index contributed by atoms with van der Waals surface area (Å²) in [5.74, 6) is -1.02. The van der Waals surface area contributed by atoms with Gasteiger partial charge in [0.1, 0.15) is 5.82 Å². The van der Waals surface area contributed by atoms with Crippen LogP contribution in [0.4, 0.5) is 10.1 Å². The van der Waals surface area contributed by atoms with Gasteiger partial charge in [0, 0.05) is 51.4 Å².